The van der Waals surface area contributed by atoms with Crippen molar-refractivity contribution in [3.8, 4) is 11.5 Å². The molecule has 2 heterocycles. The molecule has 228 valence electrons. The van der Waals surface area contributed by atoms with E-state index < -0.39 is 29.3 Å². The lowest BCUT2D eigenvalue weighted by Crippen LogP contribution is -2.29. The van der Waals surface area contributed by atoms with Crippen molar-refractivity contribution in [1.29, 1.82) is 0 Å². The molecule has 5 rings (SSSR count). The number of aliphatic hydroxyl groups is 1. The molecular weight excluding hydrogens is 602 g/mol. The highest BCUT2D eigenvalue weighted by Crippen LogP contribution is 2.45. The lowest BCUT2D eigenvalue weighted by molar-refractivity contribution is -0.132. The standard InChI is InChI=1S/C33H32FN3O5S2/c1-4-41-26-18-23(12-15-25(26)42-17-16-20(2)3)28-27(29(38)22-10-13-24(34)14-11-22)30(39)31(40)37(28)32-35-36-33(44-32)43-19-21-8-6-5-7-9-21/h5-15,18,20,28,38H,4,16-17,19H2,1-3H3/b29-27+. The minimum Gasteiger partial charge on any atom is -0.507 e. The van der Waals surface area contributed by atoms with Gasteiger partial charge in [-0.15, -0.1) is 10.2 Å². The number of anilines is 1. The Morgan fingerprint density at radius 1 is 1.02 bits per heavy atom. The van der Waals surface area contributed by atoms with Gasteiger partial charge in [-0.3, -0.25) is 14.5 Å². The van der Waals surface area contributed by atoms with E-state index in [2.05, 4.69) is 24.0 Å². The minimum absolute atomic E-state index is 0.147. The predicted octanol–water partition coefficient (Wildman–Crippen LogP) is 7.42. The number of Topliss-reactive ketones (excluding diaryl/α,β-unsaturated/α-hetero) is 1. The van der Waals surface area contributed by atoms with Gasteiger partial charge in [0.25, 0.3) is 5.78 Å². The lowest BCUT2D eigenvalue weighted by atomic mass is 9.95. The van der Waals surface area contributed by atoms with Gasteiger partial charge in [0.15, 0.2) is 15.8 Å². The summed E-state index contributed by atoms with van der Waals surface area (Å²) >= 11 is 2.65. The number of aromatic nitrogens is 2. The Hall–Kier alpha value is -4.22. The Balaban J connectivity index is 1.56. The van der Waals surface area contributed by atoms with Crippen molar-refractivity contribution in [1.82, 2.24) is 10.2 Å². The van der Waals surface area contributed by atoms with Crippen LogP contribution in [-0.2, 0) is 15.3 Å². The molecular formula is C33H32FN3O5S2. The maximum Gasteiger partial charge on any atom is 0.301 e. The van der Waals surface area contributed by atoms with E-state index in [0.29, 0.717) is 46.3 Å². The molecule has 1 aliphatic rings. The predicted molar refractivity (Wildman–Crippen MR) is 170 cm³/mol. The lowest BCUT2D eigenvalue weighted by Gasteiger charge is -2.23. The topological polar surface area (TPSA) is 102 Å². The summed E-state index contributed by atoms with van der Waals surface area (Å²) in [6.45, 7) is 6.92. The molecule has 1 amide bonds. The van der Waals surface area contributed by atoms with Gasteiger partial charge < -0.3 is 14.6 Å². The molecule has 1 unspecified atom stereocenters. The molecule has 1 atom stereocenters. The van der Waals surface area contributed by atoms with Crippen molar-refractivity contribution in [3.63, 3.8) is 0 Å². The first-order valence-electron chi connectivity index (χ1n) is 14.2. The number of carbonyl (C=O) groups is 2. The molecule has 1 aromatic heterocycles. The van der Waals surface area contributed by atoms with Gasteiger partial charge in [-0.25, -0.2) is 4.39 Å². The number of amides is 1. The van der Waals surface area contributed by atoms with Crippen LogP contribution in [0.4, 0.5) is 9.52 Å². The number of ether oxygens (including phenoxy) is 2. The van der Waals surface area contributed by atoms with Crippen molar-refractivity contribution in [2.24, 2.45) is 5.92 Å². The van der Waals surface area contributed by atoms with Crippen LogP contribution in [0.2, 0.25) is 0 Å². The van der Waals surface area contributed by atoms with Gasteiger partial charge in [0.2, 0.25) is 5.13 Å². The number of halogens is 1. The van der Waals surface area contributed by atoms with Crippen molar-refractivity contribution in [2.45, 2.75) is 43.3 Å². The average molecular weight is 634 g/mol. The number of hydrogen-bond acceptors (Lipinski definition) is 9. The number of thioether (sulfide) groups is 1. The summed E-state index contributed by atoms with van der Waals surface area (Å²) in [5.74, 6) is -0.585. The summed E-state index contributed by atoms with van der Waals surface area (Å²) in [7, 11) is 0. The van der Waals surface area contributed by atoms with Gasteiger partial charge in [0.05, 0.1) is 24.8 Å². The summed E-state index contributed by atoms with van der Waals surface area (Å²) in [6, 6.07) is 19.1. The second kappa shape index (κ2) is 14.0. The molecule has 11 heteroatoms. The Morgan fingerprint density at radius 2 is 1.77 bits per heavy atom. The maximum absolute atomic E-state index is 13.7. The quantitative estimate of drug-likeness (QED) is 0.0566. The smallest absolute Gasteiger partial charge is 0.301 e. The van der Waals surface area contributed by atoms with E-state index in [1.807, 2.05) is 37.3 Å². The highest BCUT2D eigenvalue weighted by Gasteiger charge is 2.48. The molecule has 3 aromatic carbocycles. The first-order valence-corrected chi connectivity index (χ1v) is 16.0. The summed E-state index contributed by atoms with van der Waals surface area (Å²) in [5.41, 5.74) is 1.66. The van der Waals surface area contributed by atoms with Crippen LogP contribution < -0.4 is 14.4 Å². The number of carbonyl (C=O) groups excluding carboxylic acids is 2. The van der Waals surface area contributed by atoms with Gasteiger partial charge in [-0.05, 0) is 66.8 Å². The van der Waals surface area contributed by atoms with Crippen LogP contribution in [0.3, 0.4) is 0 Å². The van der Waals surface area contributed by atoms with E-state index in [1.165, 1.54) is 52.3 Å². The van der Waals surface area contributed by atoms with E-state index in [0.717, 1.165) is 12.0 Å². The van der Waals surface area contributed by atoms with Gasteiger partial charge in [-0.1, -0.05) is 73.3 Å². The molecule has 0 radical (unpaired) electrons. The molecule has 0 bridgehead atoms. The molecule has 0 spiro atoms. The Morgan fingerprint density at radius 3 is 2.48 bits per heavy atom. The number of rotatable bonds is 12. The second-order valence-corrected chi connectivity index (χ2v) is 12.6. The number of ketones is 1. The average Bonchev–Trinajstić information content (AvgIpc) is 3.59. The second-order valence-electron chi connectivity index (χ2n) is 10.5. The van der Waals surface area contributed by atoms with E-state index in [1.54, 1.807) is 18.2 Å². The highest BCUT2D eigenvalue weighted by molar-refractivity contribution is 8.00. The Bertz CT molecular complexity index is 1660. The monoisotopic (exact) mass is 633 g/mol. The van der Waals surface area contributed by atoms with E-state index in [4.69, 9.17) is 9.47 Å². The third kappa shape index (κ3) is 6.95. The fourth-order valence-electron chi connectivity index (χ4n) is 4.67. The highest BCUT2D eigenvalue weighted by atomic mass is 32.2. The van der Waals surface area contributed by atoms with Crippen LogP contribution in [0, 0.1) is 11.7 Å². The minimum atomic E-state index is -1.05. The zero-order valence-corrected chi connectivity index (χ0v) is 26.2. The number of hydrogen-bond donors (Lipinski definition) is 1. The summed E-state index contributed by atoms with van der Waals surface area (Å²) in [5, 5.41) is 20.1. The van der Waals surface area contributed by atoms with Crippen LogP contribution in [0.25, 0.3) is 5.76 Å². The molecule has 0 saturated carbocycles. The van der Waals surface area contributed by atoms with Crippen LogP contribution in [0.5, 0.6) is 11.5 Å². The summed E-state index contributed by atoms with van der Waals surface area (Å²) in [6.07, 6.45) is 0.854. The van der Waals surface area contributed by atoms with Crippen LogP contribution in [0.15, 0.2) is 82.7 Å². The summed E-state index contributed by atoms with van der Waals surface area (Å²) < 4.78 is 26.2. The largest absolute Gasteiger partial charge is 0.507 e. The van der Waals surface area contributed by atoms with Gasteiger partial charge in [0, 0.05) is 11.3 Å². The third-order valence-electron chi connectivity index (χ3n) is 6.91. The van der Waals surface area contributed by atoms with Crippen LogP contribution in [-0.4, -0.2) is 40.2 Å². The zero-order chi connectivity index (χ0) is 31.2. The third-order valence-corrected chi connectivity index (χ3v) is 9.03. The first kappa shape index (κ1) is 31.2. The zero-order valence-electron chi connectivity index (χ0n) is 24.5. The molecule has 1 fully saturated rings. The molecule has 1 saturated heterocycles. The molecule has 1 aliphatic heterocycles. The number of nitrogens with zero attached hydrogens (tertiary/aromatic N) is 3. The van der Waals surface area contributed by atoms with Crippen LogP contribution in [0.1, 0.15) is 49.9 Å². The normalized spacial score (nSPS) is 16.1. The number of aliphatic hydroxyl groups excluding tert-OH is 1. The maximum atomic E-state index is 13.7. The molecule has 8 nitrogen and oxygen atoms in total. The summed E-state index contributed by atoms with van der Waals surface area (Å²) in [4.78, 5) is 28.4. The SMILES string of the molecule is CCOc1cc(C2/C(=C(\O)c3ccc(F)cc3)C(=O)C(=O)N2c2nnc(SCc3ccccc3)s2)ccc1OCCC(C)C. The molecule has 1 N–H and O–H groups in total. The van der Waals surface area contributed by atoms with Crippen molar-refractivity contribution < 1.29 is 28.6 Å². The Labute approximate surface area is 263 Å². The fraction of sp³-hybridized carbons (Fsp3) is 0.273. The van der Waals surface area contributed by atoms with Gasteiger partial charge >= 0.3 is 5.91 Å². The van der Waals surface area contributed by atoms with Crippen molar-refractivity contribution in [3.05, 3.63) is 101 Å². The van der Waals surface area contributed by atoms with Crippen molar-refractivity contribution >= 4 is 45.7 Å². The first-order chi connectivity index (χ1) is 21.3. The van der Waals surface area contributed by atoms with E-state index in [-0.39, 0.29) is 16.3 Å². The molecule has 0 aliphatic carbocycles. The Kier molecular flexibility index (Phi) is 9.96. The van der Waals surface area contributed by atoms with E-state index in [9.17, 15) is 19.1 Å². The number of benzene rings is 3. The van der Waals surface area contributed by atoms with E-state index >= 15 is 0 Å². The van der Waals surface area contributed by atoms with Crippen LogP contribution >= 0.6 is 23.1 Å². The van der Waals surface area contributed by atoms with Crippen molar-refractivity contribution in [2.75, 3.05) is 18.1 Å². The fourth-order valence-corrected chi connectivity index (χ4v) is 6.50. The van der Waals surface area contributed by atoms with Gasteiger partial charge in [0.1, 0.15) is 11.6 Å². The molecule has 44 heavy (non-hydrogen) atoms. The molecule has 4 aromatic rings. The van der Waals surface area contributed by atoms with Gasteiger partial charge in [-0.2, -0.15) is 0 Å².